The third-order valence-corrected chi connectivity index (χ3v) is 1.77. The summed E-state index contributed by atoms with van der Waals surface area (Å²) in [7, 11) is 0. The fourth-order valence-corrected chi connectivity index (χ4v) is 1.15. The van der Waals surface area contributed by atoms with E-state index < -0.39 is 0 Å². The maximum Gasteiger partial charge on any atom is 0.0147 e. The molecule has 1 N–H and O–H groups in total. The summed E-state index contributed by atoms with van der Waals surface area (Å²) in [4.78, 5) is 0. The Bertz CT molecular complexity index is 115. The van der Waals surface area contributed by atoms with Crippen molar-refractivity contribution in [2.45, 2.75) is 12.8 Å². The first-order chi connectivity index (χ1) is 3.47. The van der Waals surface area contributed by atoms with Crippen LogP contribution in [0.3, 0.4) is 0 Å². The van der Waals surface area contributed by atoms with Gasteiger partial charge in [0, 0.05) is 6.54 Å². The predicted octanol–water partition coefficient (Wildman–Crippen LogP) is 0.883. The van der Waals surface area contributed by atoms with Crippen LogP contribution in [0.4, 0.5) is 0 Å². The highest BCUT2D eigenvalue weighted by Gasteiger charge is 2.30. The van der Waals surface area contributed by atoms with Crippen molar-refractivity contribution < 1.29 is 0 Å². The van der Waals surface area contributed by atoms with Gasteiger partial charge in [-0.05, 0) is 25.0 Å². The van der Waals surface area contributed by atoms with Crippen LogP contribution in [0.5, 0.6) is 0 Å². The molecule has 1 nitrogen and oxygen atoms in total. The minimum Gasteiger partial charge on any atom is -0.391 e. The summed E-state index contributed by atoms with van der Waals surface area (Å²) in [6.07, 6.45) is 4.94. The quantitative estimate of drug-likeness (QED) is 0.471. The van der Waals surface area contributed by atoms with Gasteiger partial charge < -0.3 is 5.32 Å². The van der Waals surface area contributed by atoms with E-state index in [0.29, 0.717) is 0 Å². The highest BCUT2D eigenvalue weighted by atomic mass is 14.9. The predicted molar refractivity (Wildman–Crippen MR) is 28.8 cm³/mol. The fourth-order valence-electron chi connectivity index (χ4n) is 1.15. The smallest absolute Gasteiger partial charge is 0.0147 e. The molecule has 1 heterocycles. The summed E-state index contributed by atoms with van der Waals surface area (Å²) in [5.41, 5.74) is 1.64. The van der Waals surface area contributed by atoms with Gasteiger partial charge in [-0.25, -0.2) is 0 Å². The van der Waals surface area contributed by atoms with Crippen molar-refractivity contribution in [1.82, 2.24) is 5.32 Å². The molecule has 0 bridgehead atoms. The number of allylic oxidation sites excluding steroid dienone is 1. The van der Waals surface area contributed by atoms with Crippen molar-refractivity contribution in [3.05, 3.63) is 11.8 Å². The molecule has 0 saturated heterocycles. The average Bonchev–Trinajstić information content (AvgIpc) is 2.41. The van der Waals surface area contributed by atoms with Crippen LogP contribution in [0.15, 0.2) is 11.8 Å². The van der Waals surface area contributed by atoms with E-state index >= 15 is 0 Å². The number of hydrogen-bond acceptors (Lipinski definition) is 1. The van der Waals surface area contributed by atoms with E-state index in [1.54, 1.807) is 5.57 Å². The third kappa shape index (κ3) is 0.441. The van der Waals surface area contributed by atoms with Gasteiger partial charge in [-0.15, -0.1) is 0 Å². The Morgan fingerprint density at radius 2 is 2.71 bits per heavy atom. The summed E-state index contributed by atoms with van der Waals surface area (Å²) in [5, 5.41) is 3.21. The zero-order chi connectivity index (χ0) is 4.69. The molecule has 0 radical (unpaired) electrons. The van der Waals surface area contributed by atoms with Crippen molar-refractivity contribution in [2.24, 2.45) is 5.92 Å². The van der Waals surface area contributed by atoms with Crippen LogP contribution in [0.2, 0.25) is 0 Å². The highest BCUT2D eigenvalue weighted by molar-refractivity contribution is 5.24. The van der Waals surface area contributed by atoms with Gasteiger partial charge in [-0.2, -0.15) is 0 Å². The van der Waals surface area contributed by atoms with Crippen LogP contribution in [-0.4, -0.2) is 6.54 Å². The molecule has 0 spiro atoms. The summed E-state index contributed by atoms with van der Waals surface area (Å²) in [6.45, 7) is 1.20. The van der Waals surface area contributed by atoms with E-state index in [0.717, 1.165) is 5.92 Å². The molecule has 1 aliphatic heterocycles. The largest absolute Gasteiger partial charge is 0.391 e. The minimum absolute atomic E-state index is 1.00. The lowest BCUT2D eigenvalue weighted by Gasteiger charge is -2.01. The Kier molecular flexibility index (Phi) is 0.518. The van der Waals surface area contributed by atoms with Crippen molar-refractivity contribution >= 4 is 0 Å². The SMILES string of the molecule is C1=C2CC2CCN1. The van der Waals surface area contributed by atoms with Gasteiger partial charge in [0.25, 0.3) is 0 Å². The maximum atomic E-state index is 3.21. The molecule has 0 aromatic carbocycles. The molecular formula is C6H9N. The van der Waals surface area contributed by atoms with Crippen molar-refractivity contribution in [1.29, 1.82) is 0 Å². The van der Waals surface area contributed by atoms with Crippen LogP contribution >= 0.6 is 0 Å². The standard InChI is InChI=1S/C6H9N/c1-2-7-4-6-3-5(1)6/h4-5,7H,1-3H2. The molecule has 7 heavy (non-hydrogen) atoms. The molecule has 2 aliphatic rings. The average molecular weight is 95.1 g/mol. The van der Waals surface area contributed by atoms with E-state index in [9.17, 15) is 0 Å². The molecule has 2 rings (SSSR count). The highest BCUT2D eigenvalue weighted by Crippen LogP contribution is 2.41. The summed E-state index contributed by atoms with van der Waals surface area (Å²) in [6, 6.07) is 0. The molecular weight excluding hydrogens is 86.1 g/mol. The Hall–Kier alpha value is -0.460. The van der Waals surface area contributed by atoms with Crippen LogP contribution in [0.1, 0.15) is 12.8 Å². The molecule has 1 heteroatoms. The van der Waals surface area contributed by atoms with Crippen molar-refractivity contribution in [3.63, 3.8) is 0 Å². The lowest BCUT2D eigenvalue weighted by atomic mass is 10.2. The second kappa shape index (κ2) is 1.03. The summed E-state index contributed by atoms with van der Waals surface area (Å²) in [5.74, 6) is 1.00. The van der Waals surface area contributed by atoms with E-state index in [1.165, 1.54) is 19.4 Å². The van der Waals surface area contributed by atoms with Gasteiger partial charge in [-0.3, -0.25) is 0 Å². The molecule has 38 valence electrons. The third-order valence-electron chi connectivity index (χ3n) is 1.77. The van der Waals surface area contributed by atoms with E-state index in [-0.39, 0.29) is 0 Å². The zero-order valence-corrected chi connectivity index (χ0v) is 4.28. The molecule has 0 amide bonds. The Labute approximate surface area is 43.4 Å². The molecule has 1 atom stereocenters. The minimum atomic E-state index is 1.00. The zero-order valence-electron chi connectivity index (χ0n) is 4.28. The number of fused-ring (bicyclic) bond motifs is 1. The molecule has 0 aromatic rings. The number of hydrogen-bond donors (Lipinski definition) is 1. The maximum absolute atomic E-state index is 3.21. The van der Waals surface area contributed by atoms with Gasteiger partial charge in [0.2, 0.25) is 0 Å². The lowest BCUT2D eigenvalue weighted by molar-refractivity contribution is 0.678. The first-order valence-corrected chi connectivity index (χ1v) is 2.89. The molecule has 1 fully saturated rings. The molecule has 0 aromatic heterocycles. The fraction of sp³-hybridized carbons (Fsp3) is 0.667. The second-order valence-electron chi connectivity index (χ2n) is 2.36. The Morgan fingerprint density at radius 1 is 1.71 bits per heavy atom. The van der Waals surface area contributed by atoms with E-state index in [4.69, 9.17) is 0 Å². The summed E-state index contributed by atoms with van der Waals surface area (Å²) >= 11 is 0. The Balaban J connectivity index is 2.19. The van der Waals surface area contributed by atoms with Crippen molar-refractivity contribution in [2.75, 3.05) is 6.54 Å². The van der Waals surface area contributed by atoms with Gasteiger partial charge in [0.15, 0.2) is 0 Å². The number of rotatable bonds is 0. The Morgan fingerprint density at radius 3 is 3.29 bits per heavy atom. The monoisotopic (exact) mass is 95.1 g/mol. The van der Waals surface area contributed by atoms with E-state index in [2.05, 4.69) is 11.5 Å². The van der Waals surface area contributed by atoms with Crippen LogP contribution < -0.4 is 5.32 Å². The topological polar surface area (TPSA) is 12.0 Å². The summed E-state index contributed by atoms with van der Waals surface area (Å²) < 4.78 is 0. The molecule has 1 unspecified atom stereocenters. The van der Waals surface area contributed by atoms with Gasteiger partial charge >= 0.3 is 0 Å². The molecule has 1 aliphatic carbocycles. The first-order valence-electron chi connectivity index (χ1n) is 2.89. The van der Waals surface area contributed by atoms with Crippen LogP contribution in [0, 0.1) is 5.92 Å². The van der Waals surface area contributed by atoms with Gasteiger partial charge in [-0.1, -0.05) is 5.57 Å². The normalized spacial score (nSPS) is 35.4. The van der Waals surface area contributed by atoms with Crippen molar-refractivity contribution in [3.8, 4) is 0 Å². The van der Waals surface area contributed by atoms with E-state index in [1.807, 2.05) is 0 Å². The van der Waals surface area contributed by atoms with Crippen LogP contribution in [-0.2, 0) is 0 Å². The lowest BCUT2D eigenvalue weighted by Crippen LogP contribution is -2.10. The van der Waals surface area contributed by atoms with Gasteiger partial charge in [0.1, 0.15) is 0 Å². The van der Waals surface area contributed by atoms with Gasteiger partial charge in [0.05, 0.1) is 0 Å². The number of nitrogens with one attached hydrogen (secondary N) is 1. The van der Waals surface area contributed by atoms with Crippen LogP contribution in [0.25, 0.3) is 0 Å². The molecule has 1 saturated carbocycles. The second-order valence-corrected chi connectivity index (χ2v) is 2.36. The first kappa shape index (κ1) is 3.53.